The number of nitrogens with zero attached hydrogens (tertiary/aromatic N) is 2. The lowest BCUT2D eigenvalue weighted by Crippen LogP contribution is -2.11. The van der Waals surface area contributed by atoms with Gasteiger partial charge in [0.2, 0.25) is 0 Å². The molecule has 0 bridgehead atoms. The highest BCUT2D eigenvalue weighted by Gasteiger charge is 2.21. The average molecular weight is 378 g/mol. The van der Waals surface area contributed by atoms with Crippen molar-refractivity contribution in [2.24, 2.45) is 4.99 Å². The van der Waals surface area contributed by atoms with Crippen molar-refractivity contribution in [2.75, 3.05) is 26.4 Å². The molecule has 1 heterocycles. The third-order valence-electron chi connectivity index (χ3n) is 4.42. The van der Waals surface area contributed by atoms with E-state index in [0.29, 0.717) is 0 Å². The molecule has 28 heavy (non-hydrogen) atoms. The van der Waals surface area contributed by atoms with Crippen LogP contribution < -0.4 is 5.32 Å². The molecule has 0 atom stereocenters. The molecule has 0 saturated heterocycles. The number of benzene rings is 2. The van der Waals surface area contributed by atoms with Crippen molar-refractivity contribution in [2.45, 2.75) is 32.6 Å². The van der Waals surface area contributed by atoms with E-state index in [2.05, 4.69) is 31.2 Å². The quantitative estimate of drug-likeness (QED) is 0.481. The van der Waals surface area contributed by atoms with Gasteiger partial charge in [-0.05, 0) is 19.3 Å². The number of hydrogen-bond donors (Lipinski definition) is 0. The second-order valence-corrected chi connectivity index (χ2v) is 6.75. The zero-order chi connectivity index (χ0) is 19.4. The molecule has 0 unspecified atom stereocenters. The second kappa shape index (κ2) is 11.4. The number of amidine groups is 1. The summed E-state index contributed by atoms with van der Waals surface area (Å²) in [7, 11) is 0. The summed E-state index contributed by atoms with van der Waals surface area (Å²) in [5.74, 6) is 0.882. The maximum Gasteiger partial charge on any atom is 0.129 e. The van der Waals surface area contributed by atoms with Gasteiger partial charge in [-0.15, -0.1) is 0 Å². The van der Waals surface area contributed by atoms with Crippen molar-refractivity contribution in [1.29, 1.82) is 0 Å². The van der Waals surface area contributed by atoms with Gasteiger partial charge < -0.3 is 9.47 Å². The van der Waals surface area contributed by atoms with Gasteiger partial charge in [0, 0.05) is 44.0 Å². The molecule has 4 nitrogen and oxygen atoms in total. The van der Waals surface area contributed by atoms with Gasteiger partial charge in [-0.25, -0.2) is 10.3 Å². The van der Waals surface area contributed by atoms with Gasteiger partial charge >= 0.3 is 0 Å². The molecule has 1 radical (unpaired) electrons. The zero-order valence-electron chi connectivity index (χ0n) is 16.6. The van der Waals surface area contributed by atoms with Gasteiger partial charge in [0.1, 0.15) is 5.84 Å². The summed E-state index contributed by atoms with van der Waals surface area (Å²) in [5, 5.41) is 4.84. The van der Waals surface area contributed by atoms with Crippen LogP contribution in [0.5, 0.6) is 0 Å². The Morgan fingerprint density at radius 2 is 1.25 bits per heavy atom. The molecule has 0 fully saturated rings. The molecule has 0 amide bonds. The summed E-state index contributed by atoms with van der Waals surface area (Å²) >= 11 is 0. The summed E-state index contributed by atoms with van der Waals surface area (Å²) in [5.41, 5.74) is 4.11. The van der Waals surface area contributed by atoms with Crippen LogP contribution in [-0.4, -0.2) is 32.3 Å². The van der Waals surface area contributed by atoms with Crippen molar-refractivity contribution < 1.29 is 9.47 Å². The van der Waals surface area contributed by atoms with E-state index in [4.69, 9.17) is 19.8 Å². The van der Waals surface area contributed by atoms with E-state index in [1.54, 1.807) is 0 Å². The highest BCUT2D eigenvalue weighted by atomic mass is 16.5. The maximum absolute atomic E-state index is 5.71. The molecular formula is C24H29N2O2. The van der Waals surface area contributed by atoms with Crippen LogP contribution in [0.1, 0.15) is 43.7 Å². The largest absolute Gasteiger partial charge is 0.381 e. The molecular weight excluding hydrogens is 348 g/mol. The zero-order valence-corrected chi connectivity index (χ0v) is 16.6. The maximum atomic E-state index is 5.71. The van der Waals surface area contributed by atoms with Crippen molar-refractivity contribution in [1.82, 2.24) is 5.32 Å². The molecule has 0 aromatic heterocycles. The summed E-state index contributed by atoms with van der Waals surface area (Å²) in [6.07, 6.45) is 3.75. The van der Waals surface area contributed by atoms with E-state index in [0.717, 1.165) is 80.5 Å². The Kier molecular flexibility index (Phi) is 8.28. The van der Waals surface area contributed by atoms with Crippen LogP contribution >= 0.6 is 0 Å². The Bertz CT molecular complexity index is 770. The van der Waals surface area contributed by atoms with Crippen molar-refractivity contribution in [3.05, 3.63) is 71.8 Å². The van der Waals surface area contributed by atoms with Gasteiger partial charge in [0.25, 0.3) is 0 Å². The van der Waals surface area contributed by atoms with Crippen molar-refractivity contribution in [3.63, 3.8) is 0 Å². The van der Waals surface area contributed by atoms with E-state index in [1.807, 2.05) is 36.4 Å². The molecule has 2 aromatic carbocycles. The first-order valence-corrected chi connectivity index (χ1v) is 10.2. The molecule has 2 aromatic rings. The first-order valence-electron chi connectivity index (χ1n) is 10.2. The van der Waals surface area contributed by atoms with Gasteiger partial charge in [-0.3, -0.25) is 0 Å². The van der Waals surface area contributed by atoms with Crippen LogP contribution in [-0.2, 0) is 9.47 Å². The third kappa shape index (κ3) is 6.04. The van der Waals surface area contributed by atoms with Crippen LogP contribution in [0, 0.1) is 0 Å². The first kappa shape index (κ1) is 20.3. The number of hydrogen-bond acceptors (Lipinski definition) is 3. The second-order valence-electron chi connectivity index (χ2n) is 6.75. The van der Waals surface area contributed by atoms with E-state index in [9.17, 15) is 0 Å². The highest BCUT2D eigenvalue weighted by Crippen LogP contribution is 2.31. The summed E-state index contributed by atoms with van der Waals surface area (Å²) in [6, 6.07) is 20.5. The van der Waals surface area contributed by atoms with Crippen LogP contribution in [0.25, 0.3) is 11.4 Å². The molecule has 1 aliphatic rings. The molecule has 1 aliphatic heterocycles. The topological polar surface area (TPSA) is 44.9 Å². The third-order valence-corrected chi connectivity index (χ3v) is 4.42. The molecule has 0 N–H and O–H groups in total. The lowest BCUT2D eigenvalue weighted by Gasteiger charge is -2.06. The van der Waals surface area contributed by atoms with Crippen molar-refractivity contribution in [3.8, 4) is 0 Å². The van der Waals surface area contributed by atoms with Crippen LogP contribution in [0.3, 0.4) is 0 Å². The highest BCUT2D eigenvalue weighted by molar-refractivity contribution is 6.07. The van der Waals surface area contributed by atoms with Gasteiger partial charge in [-0.2, -0.15) is 0 Å². The Hall–Kier alpha value is -2.43. The number of rotatable bonds is 12. The van der Waals surface area contributed by atoms with Crippen LogP contribution in [0.2, 0.25) is 0 Å². The molecule has 3 rings (SSSR count). The van der Waals surface area contributed by atoms with E-state index >= 15 is 0 Å². The molecule has 0 spiro atoms. The van der Waals surface area contributed by atoms with Gasteiger partial charge in [0.15, 0.2) is 0 Å². The average Bonchev–Trinajstić information content (AvgIpc) is 3.18. The predicted octanol–water partition coefficient (Wildman–Crippen LogP) is 5.14. The summed E-state index contributed by atoms with van der Waals surface area (Å²) < 4.78 is 11.2. The molecule has 0 aliphatic carbocycles. The number of ether oxygens (including phenoxy) is 2. The fourth-order valence-corrected chi connectivity index (χ4v) is 3.04. The minimum atomic E-state index is 0.726. The van der Waals surface area contributed by atoms with E-state index < -0.39 is 0 Å². The SMILES string of the molecule is CCCOCCCOCCCC1=NC(c2ccccc2)=C(c2ccccc2)[N]1. The minimum absolute atomic E-state index is 0.726. The molecule has 147 valence electrons. The lowest BCUT2D eigenvalue weighted by molar-refractivity contribution is 0.0825. The molecule has 4 heteroatoms. The van der Waals surface area contributed by atoms with E-state index in [1.165, 1.54) is 0 Å². The lowest BCUT2D eigenvalue weighted by atomic mass is 10.1. The minimum Gasteiger partial charge on any atom is -0.381 e. The van der Waals surface area contributed by atoms with Crippen LogP contribution in [0.4, 0.5) is 0 Å². The normalized spacial score (nSPS) is 13.5. The summed E-state index contributed by atoms with van der Waals surface area (Å²) in [6.45, 7) is 5.21. The van der Waals surface area contributed by atoms with Gasteiger partial charge in [-0.1, -0.05) is 67.6 Å². The smallest absolute Gasteiger partial charge is 0.129 e. The Labute approximate surface area is 168 Å². The van der Waals surface area contributed by atoms with Gasteiger partial charge in [0.05, 0.1) is 11.4 Å². The Balaban J connectivity index is 1.51. The number of aliphatic imine (C=N–C) groups is 1. The fourth-order valence-electron chi connectivity index (χ4n) is 3.04. The fraction of sp³-hybridized carbons (Fsp3) is 0.375. The Morgan fingerprint density at radius 3 is 1.89 bits per heavy atom. The van der Waals surface area contributed by atoms with Crippen LogP contribution in [0.15, 0.2) is 65.7 Å². The standard InChI is InChI=1S/C24H29N2O2/c1-2-16-27-18-10-19-28-17-9-15-22-25-23(20-11-5-3-6-12-20)24(26-22)21-13-7-4-8-14-21/h3-8,11-14H,2,9-10,15-19H2,1H3. The monoisotopic (exact) mass is 377 g/mol. The molecule has 0 saturated carbocycles. The van der Waals surface area contributed by atoms with Crippen molar-refractivity contribution >= 4 is 17.2 Å². The first-order chi connectivity index (χ1) is 13.9. The van der Waals surface area contributed by atoms with E-state index in [-0.39, 0.29) is 0 Å². The summed E-state index contributed by atoms with van der Waals surface area (Å²) in [4.78, 5) is 4.84. The Morgan fingerprint density at radius 1 is 0.679 bits per heavy atom. The predicted molar refractivity (Wildman–Crippen MR) is 115 cm³/mol.